The van der Waals surface area contributed by atoms with Crippen molar-refractivity contribution >= 4 is 23.8 Å². The molecule has 0 atom stereocenters. The summed E-state index contributed by atoms with van der Waals surface area (Å²) < 4.78 is 0. The molecule has 0 aromatic heterocycles. The third kappa shape index (κ3) is 2.91. The largest absolute Gasteiger partial charge is 0.378 e. The molecule has 4 nitrogen and oxygen atoms in total. The van der Waals surface area contributed by atoms with Crippen molar-refractivity contribution < 1.29 is 4.92 Å². The second kappa shape index (κ2) is 4.67. The first-order valence-corrected chi connectivity index (χ1v) is 3.53. The SMILES string of the molecule is CN(C)c1ccc([N+](=O)[O-])cc1.Cl. The van der Waals surface area contributed by atoms with E-state index in [2.05, 4.69) is 0 Å². The van der Waals surface area contributed by atoms with Crippen LogP contribution in [0.25, 0.3) is 0 Å². The van der Waals surface area contributed by atoms with Crippen LogP contribution in [0, 0.1) is 10.1 Å². The van der Waals surface area contributed by atoms with E-state index in [1.807, 2.05) is 19.0 Å². The standard InChI is InChI=1S/C8H10N2O2.ClH/c1-9(2)7-3-5-8(6-4-7)10(11)12;/h3-6H,1-2H3;1H. The number of nitro benzene ring substituents is 1. The number of non-ortho nitro benzene ring substituents is 1. The second-order valence-electron chi connectivity index (χ2n) is 2.67. The molecule has 0 saturated heterocycles. The maximum Gasteiger partial charge on any atom is 0.269 e. The Kier molecular flexibility index (Phi) is 4.20. The summed E-state index contributed by atoms with van der Waals surface area (Å²) in [5.41, 5.74) is 1.08. The number of nitro groups is 1. The predicted molar refractivity (Wildman–Crippen MR) is 54.7 cm³/mol. The molecule has 1 aromatic carbocycles. The molecule has 0 saturated carbocycles. The van der Waals surface area contributed by atoms with Gasteiger partial charge in [0, 0.05) is 31.9 Å². The Morgan fingerprint density at radius 2 is 1.69 bits per heavy atom. The highest BCUT2D eigenvalue weighted by Gasteiger charge is 2.03. The first kappa shape index (κ1) is 11.7. The van der Waals surface area contributed by atoms with Gasteiger partial charge in [-0.25, -0.2) is 0 Å². The molecule has 0 heterocycles. The van der Waals surface area contributed by atoms with Gasteiger partial charge in [0.05, 0.1) is 4.92 Å². The lowest BCUT2D eigenvalue weighted by Crippen LogP contribution is -2.08. The average Bonchev–Trinajstić information content (AvgIpc) is 2.04. The maximum absolute atomic E-state index is 10.3. The number of halogens is 1. The van der Waals surface area contributed by atoms with Crippen LogP contribution in [0.3, 0.4) is 0 Å². The summed E-state index contributed by atoms with van der Waals surface area (Å²) in [7, 11) is 3.78. The molecule has 0 aliphatic rings. The zero-order chi connectivity index (χ0) is 9.14. The molecule has 0 aliphatic heterocycles. The minimum atomic E-state index is -0.403. The summed E-state index contributed by atoms with van der Waals surface area (Å²) in [6.45, 7) is 0. The molecule has 0 unspecified atom stereocenters. The molecule has 0 amide bonds. The van der Waals surface area contributed by atoms with Crippen molar-refractivity contribution in [3.8, 4) is 0 Å². The van der Waals surface area contributed by atoms with Crippen molar-refractivity contribution in [2.45, 2.75) is 0 Å². The fourth-order valence-corrected chi connectivity index (χ4v) is 0.872. The lowest BCUT2D eigenvalue weighted by molar-refractivity contribution is -0.384. The average molecular weight is 203 g/mol. The number of nitrogens with zero attached hydrogens (tertiary/aromatic N) is 2. The Morgan fingerprint density at radius 3 is 2.00 bits per heavy atom. The van der Waals surface area contributed by atoms with Crippen molar-refractivity contribution in [2.24, 2.45) is 0 Å². The van der Waals surface area contributed by atoms with Crippen molar-refractivity contribution in [1.82, 2.24) is 0 Å². The minimum absolute atomic E-state index is 0. The van der Waals surface area contributed by atoms with E-state index in [0.29, 0.717) is 0 Å². The molecule has 0 fully saturated rings. The number of hydrogen-bond donors (Lipinski definition) is 0. The fraction of sp³-hybridized carbons (Fsp3) is 0.250. The number of rotatable bonds is 2. The Labute approximate surface area is 82.7 Å². The van der Waals surface area contributed by atoms with Gasteiger partial charge in [0.1, 0.15) is 0 Å². The molecule has 1 aromatic rings. The van der Waals surface area contributed by atoms with E-state index in [-0.39, 0.29) is 18.1 Å². The summed E-state index contributed by atoms with van der Waals surface area (Å²) in [6.07, 6.45) is 0. The van der Waals surface area contributed by atoms with Gasteiger partial charge in [-0.05, 0) is 12.1 Å². The molecule has 1 rings (SSSR count). The van der Waals surface area contributed by atoms with Gasteiger partial charge in [-0.15, -0.1) is 12.4 Å². The highest BCUT2D eigenvalue weighted by Crippen LogP contribution is 2.16. The van der Waals surface area contributed by atoms with Crippen LogP contribution in [0.1, 0.15) is 0 Å². The van der Waals surface area contributed by atoms with E-state index < -0.39 is 4.92 Å². The molecule has 0 bridgehead atoms. The lowest BCUT2D eigenvalue weighted by Gasteiger charge is -2.10. The lowest BCUT2D eigenvalue weighted by atomic mass is 10.3. The minimum Gasteiger partial charge on any atom is -0.378 e. The molecule has 0 aliphatic carbocycles. The summed E-state index contributed by atoms with van der Waals surface area (Å²) in [5, 5.41) is 10.3. The third-order valence-corrected chi connectivity index (χ3v) is 1.58. The van der Waals surface area contributed by atoms with Gasteiger partial charge in [-0.1, -0.05) is 0 Å². The van der Waals surface area contributed by atoms with Gasteiger partial charge < -0.3 is 4.90 Å². The van der Waals surface area contributed by atoms with Crippen molar-refractivity contribution in [3.05, 3.63) is 34.4 Å². The number of benzene rings is 1. The Morgan fingerprint density at radius 1 is 1.23 bits per heavy atom. The highest BCUT2D eigenvalue weighted by atomic mass is 35.5. The van der Waals surface area contributed by atoms with Gasteiger partial charge in [-0.3, -0.25) is 10.1 Å². The summed E-state index contributed by atoms with van der Waals surface area (Å²) in [5.74, 6) is 0. The van der Waals surface area contributed by atoms with Crippen LogP contribution in [0.15, 0.2) is 24.3 Å². The number of hydrogen-bond acceptors (Lipinski definition) is 3. The molecule has 72 valence electrons. The summed E-state index contributed by atoms with van der Waals surface area (Å²) in [4.78, 5) is 11.8. The third-order valence-electron chi connectivity index (χ3n) is 1.58. The second-order valence-corrected chi connectivity index (χ2v) is 2.67. The van der Waals surface area contributed by atoms with Crippen molar-refractivity contribution in [2.75, 3.05) is 19.0 Å². The van der Waals surface area contributed by atoms with Gasteiger partial charge in [0.15, 0.2) is 0 Å². The molecule has 5 heteroatoms. The quantitative estimate of drug-likeness (QED) is 0.545. The van der Waals surface area contributed by atoms with Gasteiger partial charge in [0.25, 0.3) is 5.69 Å². The summed E-state index contributed by atoms with van der Waals surface area (Å²) in [6, 6.07) is 6.43. The normalized spacial score (nSPS) is 8.77. The van der Waals surface area contributed by atoms with E-state index in [4.69, 9.17) is 0 Å². The van der Waals surface area contributed by atoms with Crippen LogP contribution < -0.4 is 4.90 Å². The number of anilines is 1. The zero-order valence-corrected chi connectivity index (χ0v) is 8.25. The fourth-order valence-electron chi connectivity index (χ4n) is 0.872. The first-order chi connectivity index (χ1) is 5.61. The molecule has 0 radical (unpaired) electrons. The monoisotopic (exact) mass is 202 g/mol. The van der Waals surface area contributed by atoms with E-state index >= 15 is 0 Å². The summed E-state index contributed by atoms with van der Waals surface area (Å²) >= 11 is 0. The van der Waals surface area contributed by atoms with Gasteiger partial charge >= 0.3 is 0 Å². The van der Waals surface area contributed by atoms with E-state index in [1.54, 1.807) is 12.1 Å². The Balaban J connectivity index is 0.00000144. The molecular weight excluding hydrogens is 192 g/mol. The smallest absolute Gasteiger partial charge is 0.269 e. The van der Waals surface area contributed by atoms with Crippen LogP contribution in [0.4, 0.5) is 11.4 Å². The maximum atomic E-state index is 10.3. The molecule has 0 N–H and O–H groups in total. The Bertz CT molecular complexity index is 285. The predicted octanol–water partition coefficient (Wildman–Crippen LogP) is 2.08. The van der Waals surface area contributed by atoms with Gasteiger partial charge in [0.2, 0.25) is 0 Å². The zero-order valence-electron chi connectivity index (χ0n) is 7.43. The molecule has 13 heavy (non-hydrogen) atoms. The van der Waals surface area contributed by atoms with Crippen LogP contribution in [0.5, 0.6) is 0 Å². The molecule has 0 spiro atoms. The van der Waals surface area contributed by atoms with Crippen molar-refractivity contribution in [1.29, 1.82) is 0 Å². The van der Waals surface area contributed by atoms with Crippen LogP contribution in [-0.4, -0.2) is 19.0 Å². The van der Waals surface area contributed by atoms with Crippen LogP contribution in [0.2, 0.25) is 0 Å². The van der Waals surface area contributed by atoms with E-state index in [0.717, 1.165) is 5.69 Å². The highest BCUT2D eigenvalue weighted by molar-refractivity contribution is 5.85. The first-order valence-electron chi connectivity index (χ1n) is 3.53. The van der Waals surface area contributed by atoms with Gasteiger partial charge in [-0.2, -0.15) is 0 Å². The van der Waals surface area contributed by atoms with Crippen LogP contribution in [-0.2, 0) is 0 Å². The topological polar surface area (TPSA) is 46.4 Å². The van der Waals surface area contributed by atoms with Crippen LogP contribution >= 0.6 is 12.4 Å². The van der Waals surface area contributed by atoms with E-state index in [9.17, 15) is 10.1 Å². The van der Waals surface area contributed by atoms with Crippen molar-refractivity contribution in [3.63, 3.8) is 0 Å². The van der Waals surface area contributed by atoms with E-state index in [1.165, 1.54) is 12.1 Å². The molecular formula is C8H11ClN2O2. The Hall–Kier alpha value is -1.29.